The number of nitrogens with one attached hydrogen (secondary N) is 1. The molecule has 0 bridgehead atoms. The van der Waals surface area contributed by atoms with Crippen molar-refractivity contribution in [1.82, 2.24) is 24.6 Å². The number of thiazole rings is 1. The number of hydrazine groups is 1. The predicted octanol–water partition coefficient (Wildman–Crippen LogP) is 1.58. The molecule has 1 atom stereocenters. The number of esters is 1. The number of halogens is 1. The van der Waals surface area contributed by atoms with E-state index in [0.717, 1.165) is 18.5 Å². The molecule has 3 N–H and O–H groups in total. The Morgan fingerprint density at radius 2 is 2.26 bits per heavy atom. The van der Waals surface area contributed by atoms with E-state index in [-0.39, 0.29) is 12.4 Å². The minimum atomic E-state index is -0.742. The lowest BCUT2D eigenvalue weighted by Gasteiger charge is -2.41. The first kappa shape index (κ1) is 24.3. The summed E-state index contributed by atoms with van der Waals surface area (Å²) in [4.78, 5) is 33.9. The molecule has 180 valence electrons. The minimum Gasteiger partial charge on any atom is -0.466 e. The van der Waals surface area contributed by atoms with Crippen LogP contribution in [0.1, 0.15) is 22.2 Å². The predicted molar refractivity (Wildman–Crippen MR) is 128 cm³/mol. The third-order valence-electron chi connectivity index (χ3n) is 5.58. The summed E-state index contributed by atoms with van der Waals surface area (Å²) in [5.74, 6) is -0.451. The molecule has 1 fully saturated rings. The van der Waals surface area contributed by atoms with Crippen molar-refractivity contribution < 1.29 is 18.7 Å². The Kier molecular flexibility index (Phi) is 7.58. The van der Waals surface area contributed by atoms with E-state index in [0.29, 0.717) is 53.0 Å². The normalized spacial score (nSPS) is 19.6. The largest absolute Gasteiger partial charge is 0.466 e. The zero-order valence-electron chi connectivity index (χ0n) is 18.6. The number of nitrogens with two attached hydrogens (primary N) is 1. The van der Waals surface area contributed by atoms with Gasteiger partial charge in [0.25, 0.3) is 0 Å². The van der Waals surface area contributed by atoms with E-state index >= 15 is 0 Å². The number of aliphatic imine (C=N–C) groups is 1. The van der Waals surface area contributed by atoms with Crippen LogP contribution < -0.4 is 10.5 Å². The van der Waals surface area contributed by atoms with Crippen molar-refractivity contribution in [2.24, 2.45) is 10.1 Å². The van der Waals surface area contributed by atoms with Gasteiger partial charge in [-0.15, -0.1) is 11.3 Å². The fraction of sp³-hybridized carbons (Fsp3) is 0.333. The molecule has 2 aliphatic rings. The van der Waals surface area contributed by atoms with Crippen LogP contribution >= 0.6 is 23.5 Å². The zero-order chi connectivity index (χ0) is 24.2. The molecule has 2 aromatic rings. The molecule has 10 nitrogen and oxygen atoms in total. The van der Waals surface area contributed by atoms with E-state index in [4.69, 9.17) is 14.9 Å². The molecule has 0 spiro atoms. The molecule has 0 saturated carbocycles. The van der Waals surface area contributed by atoms with Gasteiger partial charge >= 0.3 is 5.97 Å². The molecule has 4 rings (SSSR count). The van der Waals surface area contributed by atoms with E-state index in [1.807, 2.05) is 14.7 Å². The standard InChI is InChI=1S/C21H24FN7O3S2/c1-13-9-14(22)3-4-15(13)18-17(21(31)32-2)16(25-19(26-18)20-24-5-8-33-20)10-27-6-7-29(34-23)11-28(27)12-30/h3-5,8-9,12,18H,6-7,10-11,23H2,1-2H3,(H,25,26)/t18-/m0/s1. The van der Waals surface area contributed by atoms with Crippen molar-refractivity contribution in [2.45, 2.75) is 13.0 Å². The highest BCUT2D eigenvalue weighted by Crippen LogP contribution is 2.35. The number of carbonyl (C=O) groups excluding carboxylic acids is 2. The van der Waals surface area contributed by atoms with Gasteiger partial charge in [0.1, 0.15) is 11.9 Å². The summed E-state index contributed by atoms with van der Waals surface area (Å²) in [6.07, 6.45) is 2.39. The zero-order valence-corrected chi connectivity index (χ0v) is 20.2. The Balaban J connectivity index is 1.79. The summed E-state index contributed by atoms with van der Waals surface area (Å²) >= 11 is 2.47. The van der Waals surface area contributed by atoms with Crippen LogP contribution in [0.5, 0.6) is 0 Å². The number of rotatable bonds is 7. The summed E-state index contributed by atoms with van der Waals surface area (Å²) in [7, 11) is 1.30. The molecule has 1 aromatic heterocycles. The molecule has 0 unspecified atom stereocenters. The maximum absolute atomic E-state index is 13.8. The topological polar surface area (TPSA) is 116 Å². The molecular weight excluding hydrogens is 481 g/mol. The lowest BCUT2D eigenvalue weighted by Crippen LogP contribution is -2.56. The summed E-state index contributed by atoms with van der Waals surface area (Å²) in [5, 5.41) is 14.7. The summed E-state index contributed by atoms with van der Waals surface area (Å²) < 4.78 is 20.8. The molecule has 3 heterocycles. The molecule has 0 radical (unpaired) electrons. The van der Waals surface area contributed by atoms with Crippen molar-refractivity contribution >= 4 is 41.7 Å². The number of amidine groups is 1. The maximum atomic E-state index is 13.8. The Bertz CT molecular complexity index is 1130. The second-order valence-electron chi connectivity index (χ2n) is 7.61. The van der Waals surface area contributed by atoms with E-state index in [1.54, 1.807) is 19.2 Å². The molecule has 1 amide bonds. The quantitative estimate of drug-likeness (QED) is 0.329. The van der Waals surface area contributed by atoms with Gasteiger partial charge in [-0.1, -0.05) is 6.07 Å². The van der Waals surface area contributed by atoms with Crippen LogP contribution in [0.4, 0.5) is 4.39 Å². The molecule has 1 aromatic carbocycles. The van der Waals surface area contributed by atoms with Gasteiger partial charge in [0.2, 0.25) is 6.41 Å². The Morgan fingerprint density at radius 3 is 2.91 bits per heavy atom. The van der Waals surface area contributed by atoms with Crippen LogP contribution in [-0.4, -0.2) is 70.9 Å². The van der Waals surface area contributed by atoms with Crippen molar-refractivity contribution in [3.63, 3.8) is 0 Å². The van der Waals surface area contributed by atoms with Crippen LogP contribution in [0.3, 0.4) is 0 Å². The number of methoxy groups -OCH3 is 1. The number of carbonyl (C=O) groups is 2. The first-order valence-corrected chi connectivity index (χ1v) is 12.1. The van der Waals surface area contributed by atoms with Gasteiger partial charge in [0, 0.05) is 42.5 Å². The van der Waals surface area contributed by atoms with Crippen molar-refractivity contribution in [2.75, 3.05) is 33.4 Å². The monoisotopic (exact) mass is 505 g/mol. The van der Waals surface area contributed by atoms with Gasteiger partial charge in [-0.25, -0.2) is 23.5 Å². The number of hydrogen-bond acceptors (Lipinski definition) is 11. The average molecular weight is 506 g/mol. The number of amides is 1. The van der Waals surface area contributed by atoms with Gasteiger partial charge < -0.3 is 10.1 Å². The summed E-state index contributed by atoms with van der Waals surface area (Å²) in [5.41, 5.74) is 2.14. The molecule has 34 heavy (non-hydrogen) atoms. The van der Waals surface area contributed by atoms with Crippen molar-refractivity contribution in [3.05, 3.63) is 63.0 Å². The Morgan fingerprint density at radius 1 is 1.44 bits per heavy atom. The van der Waals surface area contributed by atoms with Crippen LogP contribution in [0.2, 0.25) is 0 Å². The van der Waals surface area contributed by atoms with Gasteiger partial charge in [0.15, 0.2) is 10.8 Å². The third kappa shape index (κ3) is 4.98. The van der Waals surface area contributed by atoms with E-state index in [9.17, 15) is 14.0 Å². The van der Waals surface area contributed by atoms with Crippen LogP contribution in [-0.2, 0) is 14.3 Å². The van der Waals surface area contributed by atoms with Gasteiger partial charge in [-0.2, -0.15) is 0 Å². The second-order valence-corrected chi connectivity index (χ2v) is 9.23. The van der Waals surface area contributed by atoms with Crippen LogP contribution in [0.15, 0.2) is 46.0 Å². The molecule has 0 aliphatic carbocycles. The number of aromatic nitrogens is 1. The Labute approximate surface area is 204 Å². The maximum Gasteiger partial charge on any atom is 0.338 e. The second kappa shape index (κ2) is 10.6. The number of ether oxygens (including phenoxy) is 1. The highest BCUT2D eigenvalue weighted by molar-refractivity contribution is 7.94. The van der Waals surface area contributed by atoms with E-state index < -0.39 is 12.0 Å². The SMILES string of the molecule is COC(=O)C1=C(CN2CCN(SN)CN2C=O)NC(c2nccs2)=N[C@H]1c1ccc(F)cc1C. The minimum absolute atomic E-state index is 0.216. The highest BCUT2D eigenvalue weighted by atomic mass is 32.2. The fourth-order valence-electron chi connectivity index (χ4n) is 3.91. The average Bonchev–Trinajstić information content (AvgIpc) is 3.38. The Hall–Kier alpha value is -2.84. The molecule has 2 aliphatic heterocycles. The molecular formula is C21H24FN7O3S2. The van der Waals surface area contributed by atoms with E-state index in [2.05, 4.69) is 10.3 Å². The summed E-state index contributed by atoms with van der Waals surface area (Å²) in [6.45, 7) is 3.42. The lowest BCUT2D eigenvalue weighted by molar-refractivity contribution is -0.142. The number of hydrogen-bond donors (Lipinski definition) is 2. The van der Waals surface area contributed by atoms with Crippen molar-refractivity contribution in [1.29, 1.82) is 0 Å². The van der Waals surface area contributed by atoms with Crippen LogP contribution in [0, 0.1) is 12.7 Å². The third-order valence-corrected chi connectivity index (χ3v) is 6.95. The van der Waals surface area contributed by atoms with Gasteiger partial charge in [0.05, 0.1) is 25.9 Å². The van der Waals surface area contributed by atoms with Crippen molar-refractivity contribution in [3.8, 4) is 0 Å². The first-order chi connectivity index (χ1) is 16.4. The van der Waals surface area contributed by atoms with Gasteiger partial charge in [-0.05, 0) is 30.2 Å². The number of nitrogens with zero attached hydrogens (tertiary/aromatic N) is 5. The smallest absolute Gasteiger partial charge is 0.338 e. The first-order valence-electron chi connectivity index (χ1n) is 10.4. The van der Waals surface area contributed by atoms with Gasteiger partial charge in [-0.3, -0.25) is 19.9 Å². The fourth-order valence-corrected chi connectivity index (χ4v) is 4.87. The molecule has 13 heteroatoms. The van der Waals surface area contributed by atoms with Crippen LogP contribution in [0.25, 0.3) is 0 Å². The van der Waals surface area contributed by atoms with E-state index in [1.165, 1.54) is 35.6 Å². The highest BCUT2D eigenvalue weighted by Gasteiger charge is 2.35. The lowest BCUT2D eigenvalue weighted by atomic mass is 9.92. The summed E-state index contributed by atoms with van der Waals surface area (Å²) in [6, 6.07) is 3.63. The molecule has 1 saturated heterocycles. The number of benzene rings is 1. The number of aryl methyl sites for hydroxylation is 1.